The van der Waals surface area contributed by atoms with Gasteiger partial charge in [-0.3, -0.25) is 0 Å². The number of benzene rings is 2. The van der Waals surface area contributed by atoms with E-state index in [1.807, 2.05) is 31.2 Å². The van der Waals surface area contributed by atoms with E-state index in [0.29, 0.717) is 28.2 Å². The summed E-state index contributed by atoms with van der Waals surface area (Å²) in [6.07, 6.45) is 0. The fourth-order valence-corrected chi connectivity index (χ4v) is 2.34. The molecule has 0 fully saturated rings. The molecule has 2 N–H and O–H groups in total. The van der Waals surface area contributed by atoms with Gasteiger partial charge in [-0.25, -0.2) is 0 Å². The first kappa shape index (κ1) is 16.0. The summed E-state index contributed by atoms with van der Waals surface area (Å²) in [5.41, 5.74) is 7.71. The van der Waals surface area contributed by atoms with Crippen molar-refractivity contribution in [2.75, 3.05) is 7.11 Å². The van der Waals surface area contributed by atoms with Gasteiger partial charge in [-0.2, -0.15) is 0 Å². The molecule has 0 radical (unpaired) electrons. The molecule has 2 aromatic carbocycles. The molecule has 0 saturated carbocycles. The van der Waals surface area contributed by atoms with Gasteiger partial charge in [-0.1, -0.05) is 35.3 Å². The molecular weight excluding hydrogens is 309 g/mol. The number of hydrogen-bond donors (Lipinski definition) is 1. The molecule has 0 unspecified atom stereocenters. The van der Waals surface area contributed by atoms with Gasteiger partial charge in [-0.15, -0.1) is 0 Å². The lowest BCUT2D eigenvalue weighted by atomic mass is 10.1. The predicted molar refractivity (Wildman–Crippen MR) is 86.4 cm³/mol. The highest BCUT2D eigenvalue weighted by molar-refractivity contribution is 6.35. The third-order valence-electron chi connectivity index (χ3n) is 3.11. The first-order valence-corrected chi connectivity index (χ1v) is 7.27. The molecule has 112 valence electrons. The van der Waals surface area contributed by atoms with Crippen LogP contribution in [0.25, 0.3) is 0 Å². The van der Waals surface area contributed by atoms with Gasteiger partial charge in [0.05, 0.1) is 7.11 Å². The molecule has 21 heavy (non-hydrogen) atoms. The number of rotatable bonds is 5. The molecule has 2 aromatic rings. The van der Waals surface area contributed by atoms with Crippen molar-refractivity contribution < 1.29 is 9.47 Å². The molecule has 0 bridgehead atoms. The highest BCUT2D eigenvalue weighted by Crippen LogP contribution is 2.31. The van der Waals surface area contributed by atoms with E-state index < -0.39 is 0 Å². The molecule has 1 atom stereocenters. The Labute approximate surface area is 134 Å². The van der Waals surface area contributed by atoms with E-state index in [-0.39, 0.29) is 6.04 Å². The molecule has 0 aliphatic carbocycles. The minimum absolute atomic E-state index is 0.0568. The maximum atomic E-state index is 6.12. The van der Waals surface area contributed by atoms with E-state index in [1.165, 1.54) is 0 Å². The third-order valence-corrected chi connectivity index (χ3v) is 3.70. The highest BCUT2D eigenvalue weighted by atomic mass is 35.5. The standard InChI is InChI=1S/C16H17Cl2NO2/c1-10(19)11-4-6-15(16(7-11)20-2)21-9-12-3-5-13(17)8-14(12)18/h3-8,10H,9,19H2,1-2H3/t10-/m1/s1. The predicted octanol–water partition coefficient (Wildman–Crippen LogP) is 4.60. The van der Waals surface area contributed by atoms with Gasteiger partial charge in [0.25, 0.3) is 0 Å². The van der Waals surface area contributed by atoms with Crippen LogP contribution in [0.15, 0.2) is 36.4 Å². The average molecular weight is 326 g/mol. The van der Waals surface area contributed by atoms with Gasteiger partial charge < -0.3 is 15.2 Å². The van der Waals surface area contributed by atoms with Crippen LogP contribution in [-0.2, 0) is 6.61 Å². The monoisotopic (exact) mass is 325 g/mol. The third kappa shape index (κ3) is 4.03. The maximum absolute atomic E-state index is 6.12. The van der Waals surface area contributed by atoms with Crippen LogP contribution in [-0.4, -0.2) is 7.11 Å². The van der Waals surface area contributed by atoms with Crippen LogP contribution in [0.1, 0.15) is 24.1 Å². The Bertz CT molecular complexity index is 630. The second-order valence-corrected chi connectivity index (χ2v) is 5.57. The van der Waals surface area contributed by atoms with E-state index in [9.17, 15) is 0 Å². The molecule has 5 heteroatoms. The van der Waals surface area contributed by atoms with E-state index in [4.69, 9.17) is 38.4 Å². The van der Waals surface area contributed by atoms with Crippen LogP contribution in [0.4, 0.5) is 0 Å². The van der Waals surface area contributed by atoms with Crippen LogP contribution >= 0.6 is 23.2 Å². The quantitative estimate of drug-likeness (QED) is 0.873. The average Bonchev–Trinajstić information content (AvgIpc) is 2.46. The molecule has 3 nitrogen and oxygen atoms in total. The van der Waals surface area contributed by atoms with E-state index in [1.54, 1.807) is 19.2 Å². The van der Waals surface area contributed by atoms with Crippen molar-refractivity contribution in [2.45, 2.75) is 19.6 Å². The molecule has 2 rings (SSSR count). The molecule has 0 spiro atoms. The summed E-state index contributed by atoms with van der Waals surface area (Å²) in [5, 5.41) is 1.18. The Balaban J connectivity index is 2.16. The van der Waals surface area contributed by atoms with Crippen molar-refractivity contribution in [1.82, 2.24) is 0 Å². The molecule has 0 aliphatic rings. The molecule has 0 amide bonds. The number of halogens is 2. The number of methoxy groups -OCH3 is 1. The Morgan fingerprint density at radius 2 is 1.86 bits per heavy atom. The van der Waals surface area contributed by atoms with Crippen molar-refractivity contribution in [3.63, 3.8) is 0 Å². The van der Waals surface area contributed by atoms with Gasteiger partial charge in [0, 0.05) is 21.7 Å². The molecule has 0 heterocycles. The Morgan fingerprint density at radius 1 is 1.10 bits per heavy atom. The van der Waals surface area contributed by atoms with Crippen LogP contribution in [0.3, 0.4) is 0 Å². The van der Waals surface area contributed by atoms with E-state index in [0.717, 1.165) is 11.1 Å². The molecule has 0 saturated heterocycles. The van der Waals surface area contributed by atoms with Crippen molar-refractivity contribution in [3.8, 4) is 11.5 Å². The SMILES string of the molecule is COc1cc([C@@H](C)N)ccc1OCc1ccc(Cl)cc1Cl. The second kappa shape index (κ2) is 7.03. The number of hydrogen-bond acceptors (Lipinski definition) is 3. The molecule has 0 aliphatic heterocycles. The van der Waals surface area contributed by atoms with Gasteiger partial charge in [0.15, 0.2) is 11.5 Å². The van der Waals surface area contributed by atoms with E-state index >= 15 is 0 Å². The first-order valence-electron chi connectivity index (χ1n) is 6.51. The van der Waals surface area contributed by atoms with Gasteiger partial charge >= 0.3 is 0 Å². The summed E-state index contributed by atoms with van der Waals surface area (Å²) >= 11 is 12.0. The summed E-state index contributed by atoms with van der Waals surface area (Å²) < 4.78 is 11.1. The molecular formula is C16H17Cl2NO2. The van der Waals surface area contributed by atoms with Gasteiger partial charge in [0.1, 0.15) is 6.61 Å². The fraction of sp³-hybridized carbons (Fsp3) is 0.250. The summed E-state index contributed by atoms with van der Waals surface area (Å²) in [4.78, 5) is 0. The molecule has 0 aromatic heterocycles. The van der Waals surface area contributed by atoms with Crippen molar-refractivity contribution in [1.29, 1.82) is 0 Å². The van der Waals surface area contributed by atoms with Crippen molar-refractivity contribution >= 4 is 23.2 Å². The first-order chi connectivity index (χ1) is 10.0. The van der Waals surface area contributed by atoms with Crippen LogP contribution in [0.5, 0.6) is 11.5 Å². The van der Waals surface area contributed by atoms with Gasteiger partial charge in [0.2, 0.25) is 0 Å². The van der Waals surface area contributed by atoms with Crippen molar-refractivity contribution in [2.24, 2.45) is 5.73 Å². The number of ether oxygens (including phenoxy) is 2. The lowest BCUT2D eigenvalue weighted by Crippen LogP contribution is -2.06. The highest BCUT2D eigenvalue weighted by Gasteiger charge is 2.09. The summed E-state index contributed by atoms with van der Waals surface area (Å²) in [6, 6.07) is 10.9. The summed E-state index contributed by atoms with van der Waals surface area (Å²) in [7, 11) is 1.60. The van der Waals surface area contributed by atoms with E-state index in [2.05, 4.69) is 0 Å². The van der Waals surface area contributed by atoms with Crippen LogP contribution < -0.4 is 15.2 Å². The zero-order chi connectivity index (χ0) is 15.4. The smallest absolute Gasteiger partial charge is 0.161 e. The van der Waals surface area contributed by atoms with Crippen LogP contribution in [0.2, 0.25) is 10.0 Å². The fourth-order valence-electron chi connectivity index (χ4n) is 1.88. The lowest BCUT2D eigenvalue weighted by molar-refractivity contribution is 0.284. The lowest BCUT2D eigenvalue weighted by Gasteiger charge is -2.14. The topological polar surface area (TPSA) is 44.5 Å². The van der Waals surface area contributed by atoms with Gasteiger partial charge in [-0.05, 0) is 36.8 Å². The van der Waals surface area contributed by atoms with Crippen molar-refractivity contribution in [3.05, 3.63) is 57.6 Å². The zero-order valence-electron chi connectivity index (χ0n) is 11.9. The van der Waals surface area contributed by atoms with Crippen LogP contribution in [0, 0.1) is 0 Å². The maximum Gasteiger partial charge on any atom is 0.161 e. The summed E-state index contributed by atoms with van der Waals surface area (Å²) in [6.45, 7) is 2.26. The number of nitrogens with two attached hydrogens (primary N) is 1. The second-order valence-electron chi connectivity index (χ2n) is 4.72. The minimum Gasteiger partial charge on any atom is -0.493 e. The Hall–Kier alpha value is -1.42. The Morgan fingerprint density at radius 3 is 2.48 bits per heavy atom. The zero-order valence-corrected chi connectivity index (χ0v) is 13.4. The Kier molecular flexibility index (Phi) is 5.34. The normalized spacial score (nSPS) is 12.0. The minimum atomic E-state index is -0.0568. The largest absolute Gasteiger partial charge is 0.493 e. The summed E-state index contributed by atoms with van der Waals surface area (Å²) in [5.74, 6) is 1.29.